The average Bonchev–Trinajstić information content (AvgIpc) is 2.86. The van der Waals surface area contributed by atoms with Crippen molar-refractivity contribution in [2.45, 2.75) is 6.42 Å². The predicted octanol–water partition coefficient (Wildman–Crippen LogP) is 0.174. The Morgan fingerprint density at radius 2 is 2.08 bits per heavy atom. The standard InChI is InChI=1S/C10H20N2O/c1-11-7-9-6-10(9)8-12-2-4-13-5-3-12/h9-11H,2-8H2,1H3/t9-,10+/m1/s1. The van der Waals surface area contributed by atoms with Gasteiger partial charge in [0.15, 0.2) is 0 Å². The molecule has 3 heteroatoms. The first-order chi connectivity index (χ1) is 6.40. The second kappa shape index (κ2) is 4.40. The SMILES string of the molecule is CNC[C@H]1C[C@H]1CN1CCOCC1. The summed E-state index contributed by atoms with van der Waals surface area (Å²) in [6.45, 7) is 6.66. The molecule has 0 radical (unpaired) electrons. The second-order valence-corrected chi connectivity index (χ2v) is 4.23. The Bertz CT molecular complexity index is 157. The van der Waals surface area contributed by atoms with Crippen molar-refractivity contribution in [1.82, 2.24) is 10.2 Å². The van der Waals surface area contributed by atoms with Gasteiger partial charge < -0.3 is 10.1 Å². The Kier molecular flexibility index (Phi) is 3.19. The van der Waals surface area contributed by atoms with Crippen molar-refractivity contribution in [2.24, 2.45) is 11.8 Å². The average molecular weight is 184 g/mol. The summed E-state index contributed by atoms with van der Waals surface area (Å²) < 4.78 is 5.32. The van der Waals surface area contributed by atoms with Crippen molar-refractivity contribution in [3.8, 4) is 0 Å². The lowest BCUT2D eigenvalue weighted by atomic mass is 10.3. The Labute approximate surface area is 80.4 Å². The highest BCUT2D eigenvalue weighted by Crippen LogP contribution is 2.38. The number of rotatable bonds is 4. The van der Waals surface area contributed by atoms with Crippen LogP contribution in [-0.2, 0) is 4.74 Å². The summed E-state index contributed by atoms with van der Waals surface area (Å²) in [5.41, 5.74) is 0. The molecule has 2 aliphatic rings. The lowest BCUT2D eigenvalue weighted by molar-refractivity contribution is 0.0351. The predicted molar refractivity (Wildman–Crippen MR) is 52.8 cm³/mol. The fraction of sp³-hybridized carbons (Fsp3) is 1.00. The minimum Gasteiger partial charge on any atom is -0.379 e. The van der Waals surface area contributed by atoms with Crippen LogP contribution in [0.25, 0.3) is 0 Å². The molecule has 1 aliphatic carbocycles. The highest BCUT2D eigenvalue weighted by Gasteiger charge is 2.37. The van der Waals surface area contributed by atoms with E-state index in [9.17, 15) is 0 Å². The highest BCUT2D eigenvalue weighted by molar-refractivity contribution is 4.89. The maximum atomic E-state index is 5.32. The maximum Gasteiger partial charge on any atom is 0.0594 e. The lowest BCUT2D eigenvalue weighted by Gasteiger charge is -2.26. The van der Waals surface area contributed by atoms with E-state index in [4.69, 9.17) is 4.74 Å². The topological polar surface area (TPSA) is 24.5 Å². The van der Waals surface area contributed by atoms with Gasteiger partial charge in [-0.25, -0.2) is 0 Å². The summed E-state index contributed by atoms with van der Waals surface area (Å²) in [6.07, 6.45) is 1.43. The molecule has 13 heavy (non-hydrogen) atoms. The highest BCUT2D eigenvalue weighted by atomic mass is 16.5. The van der Waals surface area contributed by atoms with E-state index in [2.05, 4.69) is 10.2 Å². The van der Waals surface area contributed by atoms with Crippen LogP contribution >= 0.6 is 0 Å². The molecule has 3 nitrogen and oxygen atoms in total. The Morgan fingerprint density at radius 3 is 2.77 bits per heavy atom. The molecule has 0 amide bonds. The fourth-order valence-electron chi connectivity index (χ4n) is 2.16. The molecule has 0 aromatic carbocycles. The quantitative estimate of drug-likeness (QED) is 0.674. The Hall–Kier alpha value is -0.120. The van der Waals surface area contributed by atoms with Gasteiger partial charge in [0.1, 0.15) is 0 Å². The molecule has 0 aromatic heterocycles. The minimum absolute atomic E-state index is 0.934. The molecule has 2 fully saturated rings. The summed E-state index contributed by atoms with van der Waals surface area (Å²) in [4.78, 5) is 2.55. The van der Waals surface area contributed by atoms with E-state index in [1.807, 2.05) is 7.05 Å². The molecule has 2 rings (SSSR count). The molecule has 0 unspecified atom stereocenters. The largest absolute Gasteiger partial charge is 0.379 e. The summed E-state index contributed by atoms with van der Waals surface area (Å²) in [7, 11) is 2.05. The second-order valence-electron chi connectivity index (χ2n) is 4.23. The van der Waals surface area contributed by atoms with Crippen LogP contribution in [0.4, 0.5) is 0 Å². The van der Waals surface area contributed by atoms with Crippen LogP contribution in [0.15, 0.2) is 0 Å². The molecule has 0 bridgehead atoms. The zero-order valence-electron chi connectivity index (χ0n) is 8.46. The number of hydrogen-bond donors (Lipinski definition) is 1. The summed E-state index contributed by atoms with van der Waals surface area (Å²) >= 11 is 0. The zero-order chi connectivity index (χ0) is 9.10. The van der Waals surface area contributed by atoms with Crippen LogP contribution in [0.2, 0.25) is 0 Å². The summed E-state index contributed by atoms with van der Waals surface area (Å²) in [5, 5.41) is 3.25. The minimum atomic E-state index is 0.934. The van der Waals surface area contributed by atoms with Crippen LogP contribution in [0.1, 0.15) is 6.42 Å². The first-order valence-corrected chi connectivity index (χ1v) is 5.35. The van der Waals surface area contributed by atoms with Gasteiger partial charge in [0, 0.05) is 19.6 Å². The van der Waals surface area contributed by atoms with Crippen LogP contribution in [0.3, 0.4) is 0 Å². The number of nitrogens with zero attached hydrogens (tertiary/aromatic N) is 1. The van der Waals surface area contributed by atoms with E-state index in [1.54, 1.807) is 0 Å². The maximum absolute atomic E-state index is 5.32. The molecule has 76 valence electrons. The van der Waals surface area contributed by atoms with Gasteiger partial charge >= 0.3 is 0 Å². The van der Waals surface area contributed by atoms with Gasteiger partial charge in [-0.15, -0.1) is 0 Å². The molecular formula is C10H20N2O. The van der Waals surface area contributed by atoms with E-state index in [0.717, 1.165) is 38.1 Å². The molecule has 1 saturated carbocycles. The van der Waals surface area contributed by atoms with Gasteiger partial charge in [-0.3, -0.25) is 4.90 Å². The number of hydrogen-bond acceptors (Lipinski definition) is 3. The number of morpholine rings is 1. The number of nitrogens with one attached hydrogen (secondary N) is 1. The summed E-state index contributed by atoms with van der Waals surface area (Å²) in [6, 6.07) is 0. The zero-order valence-corrected chi connectivity index (χ0v) is 8.46. The Morgan fingerprint density at radius 1 is 1.31 bits per heavy atom. The molecule has 1 N–H and O–H groups in total. The fourth-order valence-corrected chi connectivity index (χ4v) is 2.16. The molecular weight excluding hydrogens is 164 g/mol. The van der Waals surface area contributed by atoms with Crippen LogP contribution in [-0.4, -0.2) is 51.3 Å². The van der Waals surface area contributed by atoms with Crippen molar-refractivity contribution in [3.05, 3.63) is 0 Å². The molecule has 1 heterocycles. The van der Waals surface area contributed by atoms with Gasteiger partial charge in [-0.1, -0.05) is 0 Å². The van der Waals surface area contributed by atoms with E-state index < -0.39 is 0 Å². The third-order valence-corrected chi connectivity index (χ3v) is 3.13. The van der Waals surface area contributed by atoms with Crippen molar-refractivity contribution in [1.29, 1.82) is 0 Å². The Balaban J connectivity index is 1.62. The lowest BCUT2D eigenvalue weighted by Crippen LogP contribution is -2.37. The number of ether oxygens (including phenoxy) is 1. The third-order valence-electron chi connectivity index (χ3n) is 3.13. The molecule has 1 saturated heterocycles. The van der Waals surface area contributed by atoms with Gasteiger partial charge in [0.25, 0.3) is 0 Å². The van der Waals surface area contributed by atoms with Crippen molar-refractivity contribution in [3.63, 3.8) is 0 Å². The van der Waals surface area contributed by atoms with Gasteiger partial charge in [-0.2, -0.15) is 0 Å². The van der Waals surface area contributed by atoms with Crippen LogP contribution < -0.4 is 5.32 Å². The summed E-state index contributed by atoms with van der Waals surface area (Å²) in [5.74, 6) is 1.92. The van der Waals surface area contributed by atoms with Crippen molar-refractivity contribution in [2.75, 3.05) is 46.4 Å². The third kappa shape index (κ3) is 2.66. The van der Waals surface area contributed by atoms with Gasteiger partial charge in [0.2, 0.25) is 0 Å². The van der Waals surface area contributed by atoms with E-state index in [-0.39, 0.29) is 0 Å². The van der Waals surface area contributed by atoms with Crippen molar-refractivity contribution < 1.29 is 4.74 Å². The van der Waals surface area contributed by atoms with E-state index in [0.29, 0.717) is 0 Å². The van der Waals surface area contributed by atoms with Gasteiger partial charge in [0.05, 0.1) is 13.2 Å². The smallest absolute Gasteiger partial charge is 0.0594 e. The first-order valence-electron chi connectivity index (χ1n) is 5.35. The van der Waals surface area contributed by atoms with Crippen molar-refractivity contribution >= 4 is 0 Å². The van der Waals surface area contributed by atoms with E-state index in [1.165, 1.54) is 19.5 Å². The van der Waals surface area contributed by atoms with Gasteiger partial charge in [-0.05, 0) is 31.8 Å². The molecule has 1 aliphatic heterocycles. The molecule has 0 spiro atoms. The molecule has 2 atom stereocenters. The monoisotopic (exact) mass is 184 g/mol. The first kappa shape index (κ1) is 9.44. The molecule has 0 aromatic rings. The van der Waals surface area contributed by atoms with Crippen LogP contribution in [0, 0.1) is 11.8 Å². The normalized spacial score (nSPS) is 34.8. The van der Waals surface area contributed by atoms with Crippen LogP contribution in [0.5, 0.6) is 0 Å². The van der Waals surface area contributed by atoms with E-state index >= 15 is 0 Å².